The second-order valence-corrected chi connectivity index (χ2v) is 8.24. The van der Waals surface area contributed by atoms with Crippen LogP contribution in [-0.4, -0.2) is 8.35 Å². The molecular weight excluding hydrogens is 446 g/mol. The van der Waals surface area contributed by atoms with Gasteiger partial charge in [-0.1, -0.05) is 116 Å². The van der Waals surface area contributed by atoms with Crippen molar-refractivity contribution in [2.75, 3.05) is 4.43 Å². The van der Waals surface area contributed by atoms with Crippen molar-refractivity contribution >= 4 is 45.2 Å². The van der Waals surface area contributed by atoms with Gasteiger partial charge in [0.25, 0.3) is 0 Å². The molecule has 110 valence electrons. The van der Waals surface area contributed by atoms with E-state index >= 15 is 0 Å². The fraction of sp³-hybridized carbons (Fsp3) is 1.00. The van der Waals surface area contributed by atoms with Crippen LogP contribution in [0.4, 0.5) is 0 Å². The number of hydrogen-bond acceptors (Lipinski definition) is 0. The van der Waals surface area contributed by atoms with E-state index in [4.69, 9.17) is 0 Å². The summed E-state index contributed by atoms with van der Waals surface area (Å²) < 4.78 is 2.28. The van der Waals surface area contributed by atoms with Gasteiger partial charge < -0.3 is 0 Å². The molecule has 0 heterocycles. The van der Waals surface area contributed by atoms with E-state index in [1.807, 2.05) is 0 Å². The molecule has 1 atom stereocenters. The third-order valence-corrected chi connectivity index (χ3v) is 5.53. The lowest BCUT2D eigenvalue weighted by molar-refractivity contribution is 0.554. The Hall–Kier alpha value is 1.46. The van der Waals surface area contributed by atoms with Gasteiger partial charge in [0.05, 0.1) is 0 Å². The highest BCUT2D eigenvalue weighted by molar-refractivity contribution is 14.1. The molecular formula is C16H32I2. The van der Waals surface area contributed by atoms with Gasteiger partial charge in [-0.3, -0.25) is 0 Å². The highest BCUT2D eigenvalue weighted by Gasteiger charge is 2.03. The Balaban J connectivity index is 3.10. The van der Waals surface area contributed by atoms with Crippen LogP contribution in [0, 0.1) is 0 Å². The van der Waals surface area contributed by atoms with Crippen molar-refractivity contribution in [2.24, 2.45) is 0 Å². The van der Waals surface area contributed by atoms with E-state index in [9.17, 15) is 0 Å². The summed E-state index contributed by atoms with van der Waals surface area (Å²) in [5.74, 6) is 0. The van der Waals surface area contributed by atoms with Crippen molar-refractivity contribution in [1.29, 1.82) is 0 Å². The van der Waals surface area contributed by atoms with E-state index in [1.54, 1.807) is 0 Å². The fourth-order valence-electron chi connectivity index (χ4n) is 2.28. The van der Waals surface area contributed by atoms with E-state index < -0.39 is 0 Å². The van der Waals surface area contributed by atoms with E-state index in [0.29, 0.717) is 0 Å². The molecule has 0 aliphatic rings. The quantitative estimate of drug-likeness (QED) is 0.140. The number of hydrogen-bond donors (Lipinski definition) is 0. The second kappa shape index (κ2) is 16.5. The molecule has 0 rings (SSSR count). The third kappa shape index (κ3) is 15.5. The van der Waals surface area contributed by atoms with E-state index in [1.165, 1.54) is 87.9 Å². The van der Waals surface area contributed by atoms with Crippen LogP contribution in [0.2, 0.25) is 0 Å². The van der Waals surface area contributed by atoms with Gasteiger partial charge in [-0.2, -0.15) is 0 Å². The van der Waals surface area contributed by atoms with Gasteiger partial charge in [0.1, 0.15) is 0 Å². The molecule has 0 N–H and O–H groups in total. The molecule has 0 fully saturated rings. The average Bonchev–Trinajstić information content (AvgIpc) is 2.38. The molecule has 2 heteroatoms. The molecule has 0 saturated heterocycles. The SMILES string of the molecule is CCCCCCCCC(I)CCCCCCCI. The van der Waals surface area contributed by atoms with Crippen LogP contribution in [0.3, 0.4) is 0 Å². The van der Waals surface area contributed by atoms with Crippen molar-refractivity contribution in [1.82, 2.24) is 0 Å². The first-order valence-corrected chi connectivity index (χ1v) is 10.8. The van der Waals surface area contributed by atoms with Crippen LogP contribution in [-0.2, 0) is 0 Å². The summed E-state index contributed by atoms with van der Waals surface area (Å²) >= 11 is 5.16. The van der Waals surface area contributed by atoms with Crippen molar-refractivity contribution in [3.63, 3.8) is 0 Å². The lowest BCUT2D eigenvalue weighted by atomic mass is 10.0. The van der Waals surface area contributed by atoms with Crippen LogP contribution in [0.1, 0.15) is 90.4 Å². The number of unbranched alkanes of at least 4 members (excludes halogenated alkanes) is 9. The molecule has 0 spiro atoms. The molecule has 0 bridgehead atoms. The predicted molar refractivity (Wildman–Crippen MR) is 102 cm³/mol. The van der Waals surface area contributed by atoms with Crippen molar-refractivity contribution in [2.45, 2.75) is 94.3 Å². The molecule has 0 aliphatic carbocycles. The highest BCUT2D eigenvalue weighted by Crippen LogP contribution is 2.19. The molecule has 0 aromatic heterocycles. The number of rotatable bonds is 14. The molecule has 0 aliphatic heterocycles. The number of halogens is 2. The number of alkyl halides is 2. The first-order valence-electron chi connectivity index (χ1n) is 8.01. The zero-order chi connectivity index (χ0) is 13.5. The summed E-state index contributed by atoms with van der Waals surface area (Å²) in [6, 6.07) is 0. The third-order valence-electron chi connectivity index (χ3n) is 3.52. The Morgan fingerprint density at radius 3 is 1.61 bits per heavy atom. The smallest absolute Gasteiger partial charge is 0.0110 e. The van der Waals surface area contributed by atoms with Crippen LogP contribution in [0.25, 0.3) is 0 Å². The van der Waals surface area contributed by atoms with Crippen molar-refractivity contribution in [3.8, 4) is 0 Å². The predicted octanol–water partition coefficient (Wildman–Crippen LogP) is 7.32. The maximum atomic E-state index is 2.68. The molecule has 0 aromatic rings. The minimum Gasteiger partial charge on any atom is -0.0864 e. The van der Waals surface area contributed by atoms with Crippen LogP contribution >= 0.6 is 45.2 Å². The zero-order valence-electron chi connectivity index (χ0n) is 12.2. The van der Waals surface area contributed by atoms with Gasteiger partial charge in [0.15, 0.2) is 0 Å². The minimum absolute atomic E-state index is 0.943. The topological polar surface area (TPSA) is 0 Å². The first-order chi connectivity index (χ1) is 8.81. The van der Waals surface area contributed by atoms with E-state index in [0.717, 1.165) is 3.92 Å². The Morgan fingerprint density at radius 2 is 1.11 bits per heavy atom. The van der Waals surface area contributed by atoms with Gasteiger partial charge in [0, 0.05) is 3.92 Å². The molecule has 1 unspecified atom stereocenters. The van der Waals surface area contributed by atoms with Crippen LogP contribution in [0.5, 0.6) is 0 Å². The fourth-order valence-corrected chi connectivity index (χ4v) is 3.70. The van der Waals surface area contributed by atoms with Crippen LogP contribution in [0.15, 0.2) is 0 Å². The van der Waals surface area contributed by atoms with E-state index in [-0.39, 0.29) is 0 Å². The molecule has 0 nitrogen and oxygen atoms in total. The Morgan fingerprint density at radius 1 is 0.667 bits per heavy atom. The Kier molecular flexibility index (Phi) is 17.9. The summed E-state index contributed by atoms with van der Waals surface area (Å²) in [5, 5.41) is 0. The largest absolute Gasteiger partial charge is 0.0864 e. The molecule has 0 amide bonds. The Bertz CT molecular complexity index is 132. The second-order valence-electron chi connectivity index (χ2n) is 5.40. The summed E-state index contributed by atoms with van der Waals surface area (Å²) in [6.45, 7) is 2.29. The van der Waals surface area contributed by atoms with Crippen LogP contribution < -0.4 is 0 Å². The summed E-state index contributed by atoms with van der Waals surface area (Å²) in [4.78, 5) is 0. The lowest BCUT2D eigenvalue weighted by Crippen LogP contribution is -1.97. The summed E-state index contributed by atoms with van der Waals surface area (Å²) in [5.41, 5.74) is 0. The lowest BCUT2D eigenvalue weighted by Gasteiger charge is -2.09. The van der Waals surface area contributed by atoms with Gasteiger partial charge in [-0.15, -0.1) is 0 Å². The standard InChI is InChI=1S/C16H32I2/c1-2-3-4-5-7-10-13-16(18)14-11-8-6-9-12-15-17/h16H,2-15H2,1H3. The van der Waals surface area contributed by atoms with Gasteiger partial charge >= 0.3 is 0 Å². The Labute approximate surface area is 143 Å². The van der Waals surface area contributed by atoms with Gasteiger partial charge in [0.2, 0.25) is 0 Å². The monoisotopic (exact) mass is 478 g/mol. The molecule has 0 aromatic carbocycles. The van der Waals surface area contributed by atoms with Gasteiger partial charge in [-0.05, 0) is 23.7 Å². The maximum Gasteiger partial charge on any atom is 0.0110 e. The van der Waals surface area contributed by atoms with Gasteiger partial charge in [-0.25, -0.2) is 0 Å². The molecule has 0 saturated carbocycles. The highest BCUT2D eigenvalue weighted by atomic mass is 127. The van der Waals surface area contributed by atoms with Crippen molar-refractivity contribution in [3.05, 3.63) is 0 Å². The van der Waals surface area contributed by atoms with Crippen molar-refractivity contribution < 1.29 is 0 Å². The average molecular weight is 478 g/mol. The molecule has 18 heavy (non-hydrogen) atoms. The zero-order valence-corrected chi connectivity index (χ0v) is 16.5. The maximum absolute atomic E-state index is 2.68. The minimum atomic E-state index is 0.943. The van der Waals surface area contributed by atoms with E-state index in [2.05, 4.69) is 52.1 Å². The first kappa shape index (κ1) is 19.5. The normalized spacial score (nSPS) is 12.8. The molecule has 0 radical (unpaired) electrons. The summed E-state index contributed by atoms with van der Waals surface area (Å²) in [7, 11) is 0. The summed E-state index contributed by atoms with van der Waals surface area (Å²) in [6.07, 6.45) is 18.8.